The van der Waals surface area contributed by atoms with Crippen molar-refractivity contribution >= 4 is 27.8 Å². The lowest BCUT2D eigenvalue weighted by Gasteiger charge is -2.13. The number of ether oxygens (including phenoxy) is 4. The maximum Gasteiger partial charge on any atom is 0.356 e. The molecule has 0 spiro atoms. The van der Waals surface area contributed by atoms with E-state index >= 15 is 0 Å². The molecular formula is C23H22N2O5. The van der Waals surface area contributed by atoms with Gasteiger partial charge in [0.05, 0.1) is 38.6 Å². The molecule has 0 aliphatic carbocycles. The third-order valence-corrected chi connectivity index (χ3v) is 5.12. The molecule has 0 amide bonds. The summed E-state index contributed by atoms with van der Waals surface area (Å²) in [4.78, 5) is 19.7. The van der Waals surface area contributed by atoms with E-state index in [0.717, 1.165) is 32.9 Å². The summed E-state index contributed by atoms with van der Waals surface area (Å²) in [6.07, 6.45) is 1.64. The van der Waals surface area contributed by atoms with Crippen molar-refractivity contribution in [2.45, 2.75) is 13.5 Å². The fourth-order valence-corrected chi connectivity index (χ4v) is 3.62. The van der Waals surface area contributed by atoms with E-state index in [2.05, 4.69) is 9.97 Å². The van der Waals surface area contributed by atoms with Crippen LogP contribution in [0.3, 0.4) is 0 Å². The number of fused-ring (bicyclic) bond motifs is 3. The first-order chi connectivity index (χ1) is 14.6. The molecule has 30 heavy (non-hydrogen) atoms. The third kappa shape index (κ3) is 3.28. The number of aryl methyl sites for hydroxylation is 1. The van der Waals surface area contributed by atoms with Crippen molar-refractivity contribution in [3.8, 4) is 17.2 Å². The van der Waals surface area contributed by atoms with E-state index in [0.29, 0.717) is 23.9 Å². The zero-order valence-electron chi connectivity index (χ0n) is 17.2. The van der Waals surface area contributed by atoms with Gasteiger partial charge >= 0.3 is 5.97 Å². The Morgan fingerprint density at radius 1 is 1.00 bits per heavy atom. The molecule has 0 bridgehead atoms. The molecule has 7 nitrogen and oxygen atoms in total. The number of carbonyl (C=O) groups excluding carboxylic acids is 1. The molecule has 154 valence electrons. The van der Waals surface area contributed by atoms with Crippen LogP contribution in [0.25, 0.3) is 21.8 Å². The van der Waals surface area contributed by atoms with Crippen LogP contribution in [0.15, 0.2) is 42.6 Å². The summed E-state index contributed by atoms with van der Waals surface area (Å²) in [6, 6.07) is 11.4. The maximum absolute atomic E-state index is 12.1. The SMILES string of the molecule is COC(=O)c1ncc2[nH]c3cccc(OCc4ccc(OC)cc4OC)c3c2c1C. The highest BCUT2D eigenvalue weighted by Crippen LogP contribution is 2.36. The molecule has 0 saturated heterocycles. The molecule has 0 radical (unpaired) electrons. The number of H-pyrrole nitrogens is 1. The van der Waals surface area contributed by atoms with Crippen LogP contribution in [0.5, 0.6) is 17.2 Å². The Kier molecular flexibility index (Phi) is 5.18. The summed E-state index contributed by atoms with van der Waals surface area (Å²) in [6.45, 7) is 2.17. The van der Waals surface area contributed by atoms with Gasteiger partial charge in [0.2, 0.25) is 0 Å². The van der Waals surface area contributed by atoms with Gasteiger partial charge < -0.3 is 23.9 Å². The highest BCUT2D eigenvalue weighted by molar-refractivity contribution is 6.13. The van der Waals surface area contributed by atoms with Crippen LogP contribution in [0.2, 0.25) is 0 Å². The first-order valence-electron chi connectivity index (χ1n) is 9.39. The van der Waals surface area contributed by atoms with Crippen LogP contribution < -0.4 is 14.2 Å². The van der Waals surface area contributed by atoms with Gasteiger partial charge in [-0.3, -0.25) is 0 Å². The number of nitrogens with zero attached hydrogens (tertiary/aromatic N) is 1. The fourth-order valence-electron chi connectivity index (χ4n) is 3.62. The predicted octanol–water partition coefficient (Wildman–Crippen LogP) is 4.41. The average molecular weight is 406 g/mol. The van der Waals surface area contributed by atoms with Crippen LogP contribution in [0, 0.1) is 6.92 Å². The van der Waals surface area contributed by atoms with Gasteiger partial charge in [0.15, 0.2) is 5.69 Å². The Morgan fingerprint density at radius 2 is 1.83 bits per heavy atom. The topological polar surface area (TPSA) is 82.7 Å². The van der Waals surface area contributed by atoms with Crippen LogP contribution in [0.4, 0.5) is 0 Å². The Labute approximate surface area is 173 Å². The van der Waals surface area contributed by atoms with Crippen molar-refractivity contribution in [1.29, 1.82) is 0 Å². The third-order valence-electron chi connectivity index (χ3n) is 5.12. The van der Waals surface area contributed by atoms with E-state index in [1.54, 1.807) is 20.4 Å². The number of pyridine rings is 1. The van der Waals surface area contributed by atoms with E-state index in [4.69, 9.17) is 18.9 Å². The first kappa shape index (κ1) is 19.6. The lowest BCUT2D eigenvalue weighted by atomic mass is 10.1. The van der Waals surface area contributed by atoms with Gasteiger partial charge in [-0.25, -0.2) is 9.78 Å². The second-order valence-electron chi connectivity index (χ2n) is 6.78. The number of aromatic amines is 1. The molecule has 7 heteroatoms. The summed E-state index contributed by atoms with van der Waals surface area (Å²) < 4.78 is 21.8. The van der Waals surface area contributed by atoms with Gasteiger partial charge in [-0.15, -0.1) is 0 Å². The number of benzene rings is 2. The van der Waals surface area contributed by atoms with Gasteiger partial charge in [0.1, 0.15) is 23.9 Å². The highest BCUT2D eigenvalue weighted by Gasteiger charge is 2.19. The monoisotopic (exact) mass is 406 g/mol. The van der Waals surface area contributed by atoms with Crippen molar-refractivity contribution in [2.24, 2.45) is 0 Å². The number of esters is 1. The lowest BCUT2D eigenvalue weighted by molar-refractivity contribution is 0.0593. The Bertz CT molecular complexity index is 1250. The van der Waals surface area contributed by atoms with Crippen molar-refractivity contribution in [3.05, 3.63) is 59.4 Å². The second kappa shape index (κ2) is 7.94. The van der Waals surface area contributed by atoms with Gasteiger partial charge in [0.25, 0.3) is 0 Å². The molecule has 0 saturated carbocycles. The molecule has 2 aromatic carbocycles. The molecule has 0 unspecified atom stereocenters. The largest absolute Gasteiger partial charge is 0.497 e. The number of methoxy groups -OCH3 is 3. The van der Waals surface area contributed by atoms with Gasteiger partial charge in [0, 0.05) is 22.4 Å². The molecule has 4 aromatic rings. The number of hydrogen-bond donors (Lipinski definition) is 1. The van der Waals surface area contributed by atoms with Crippen molar-refractivity contribution in [2.75, 3.05) is 21.3 Å². The minimum Gasteiger partial charge on any atom is -0.497 e. The van der Waals surface area contributed by atoms with Gasteiger partial charge in [-0.05, 0) is 36.8 Å². The minimum atomic E-state index is -0.467. The molecule has 1 N–H and O–H groups in total. The molecular weight excluding hydrogens is 384 g/mol. The quantitative estimate of drug-likeness (QED) is 0.478. The number of aromatic nitrogens is 2. The summed E-state index contributed by atoms with van der Waals surface area (Å²) in [5.74, 6) is 1.63. The van der Waals surface area contributed by atoms with Crippen LogP contribution in [0.1, 0.15) is 21.6 Å². The van der Waals surface area contributed by atoms with Crippen molar-refractivity contribution in [3.63, 3.8) is 0 Å². The van der Waals surface area contributed by atoms with E-state index in [1.807, 2.05) is 43.3 Å². The highest BCUT2D eigenvalue weighted by atomic mass is 16.5. The lowest BCUT2D eigenvalue weighted by Crippen LogP contribution is -2.06. The number of rotatable bonds is 6. The summed E-state index contributed by atoms with van der Waals surface area (Å²) in [5, 5.41) is 1.78. The molecule has 0 aliphatic heterocycles. The number of carbonyl (C=O) groups is 1. The summed E-state index contributed by atoms with van der Waals surface area (Å²) in [5.41, 5.74) is 3.65. The number of hydrogen-bond acceptors (Lipinski definition) is 6. The molecule has 0 aliphatic rings. The molecule has 0 fully saturated rings. The van der Waals surface area contributed by atoms with Crippen molar-refractivity contribution < 1.29 is 23.7 Å². The minimum absolute atomic E-state index is 0.289. The van der Waals surface area contributed by atoms with E-state index < -0.39 is 5.97 Å². The van der Waals surface area contributed by atoms with Gasteiger partial charge in [-0.1, -0.05) is 6.07 Å². The first-order valence-corrected chi connectivity index (χ1v) is 9.39. The molecule has 4 rings (SSSR count). The molecule has 0 atom stereocenters. The second-order valence-corrected chi connectivity index (χ2v) is 6.78. The Morgan fingerprint density at radius 3 is 2.57 bits per heavy atom. The van der Waals surface area contributed by atoms with E-state index in [1.165, 1.54) is 7.11 Å². The predicted molar refractivity (Wildman–Crippen MR) is 114 cm³/mol. The maximum atomic E-state index is 12.1. The van der Waals surface area contributed by atoms with Gasteiger partial charge in [-0.2, -0.15) is 0 Å². The van der Waals surface area contributed by atoms with Crippen molar-refractivity contribution in [1.82, 2.24) is 9.97 Å². The van der Waals surface area contributed by atoms with Crippen LogP contribution in [-0.2, 0) is 11.3 Å². The Balaban J connectivity index is 1.78. The fraction of sp³-hybridized carbons (Fsp3) is 0.217. The van der Waals surface area contributed by atoms with Crippen LogP contribution in [-0.4, -0.2) is 37.3 Å². The average Bonchev–Trinajstić information content (AvgIpc) is 3.17. The number of nitrogens with one attached hydrogen (secondary N) is 1. The standard InChI is InChI=1S/C23H22N2O5/c1-13-20-17(11-24-22(13)23(26)29-4)25-16-6-5-7-18(21(16)20)30-12-14-8-9-15(27-2)10-19(14)28-3/h5-11,25H,12H2,1-4H3. The Hall–Kier alpha value is -3.74. The zero-order valence-corrected chi connectivity index (χ0v) is 17.2. The normalized spacial score (nSPS) is 10.9. The molecule has 2 heterocycles. The van der Waals surface area contributed by atoms with Crippen LogP contribution >= 0.6 is 0 Å². The van der Waals surface area contributed by atoms with E-state index in [9.17, 15) is 4.79 Å². The summed E-state index contributed by atoms with van der Waals surface area (Å²) in [7, 11) is 4.57. The molecule has 2 aromatic heterocycles. The van der Waals surface area contributed by atoms with E-state index in [-0.39, 0.29) is 5.69 Å². The smallest absolute Gasteiger partial charge is 0.356 e. The zero-order chi connectivity index (χ0) is 21.3. The summed E-state index contributed by atoms with van der Waals surface area (Å²) >= 11 is 0.